The van der Waals surface area contributed by atoms with Crippen molar-refractivity contribution in [2.75, 3.05) is 13.7 Å². The van der Waals surface area contributed by atoms with Crippen molar-refractivity contribution in [3.8, 4) is 0 Å². The van der Waals surface area contributed by atoms with Crippen molar-refractivity contribution in [1.82, 2.24) is 10.6 Å². The molecular weight excluding hydrogens is 300 g/mol. The lowest BCUT2D eigenvalue weighted by molar-refractivity contribution is -0.142. The number of amides is 2. The topological polar surface area (TPSA) is 105 Å². The molecule has 2 atom stereocenters. The van der Waals surface area contributed by atoms with Gasteiger partial charge in [0.05, 0.1) is 12.5 Å². The Morgan fingerprint density at radius 3 is 2.35 bits per heavy atom. The summed E-state index contributed by atoms with van der Waals surface area (Å²) in [6, 6.07) is 7.52. The standard InChI is InChI=1S/C16H22N2O5/c1-11(19)17-14(12-6-4-3-5-7-12)10-15(20)18-13(16(21)22)8-9-23-2/h3-7,13-14H,8-10H2,1-2H3,(H,17,19)(H,18,20)(H,21,22). The fourth-order valence-electron chi connectivity index (χ4n) is 2.11. The van der Waals surface area contributed by atoms with Crippen molar-refractivity contribution in [2.45, 2.75) is 31.8 Å². The highest BCUT2D eigenvalue weighted by atomic mass is 16.5. The van der Waals surface area contributed by atoms with Gasteiger partial charge in [-0.3, -0.25) is 9.59 Å². The van der Waals surface area contributed by atoms with Crippen LogP contribution in [0.1, 0.15) is 31.4 Å². The zero-order chi connectivity index (χ0) is 17.2. The molecule has 1 rings (SSSR count). The number of carbonyl (C=O) groups is 3. The molecule has 0 heterocycles. The SMILES string of the molecule is COCCC(NC(=O)CC(NC(C)=O)c1ccccc1)C(=O)O. The van der Waals surface area contributed by atoms with Crippen molar-refractivity contribution in [2.24, 2.45) is 0 Å². The smallest absolute Gasteiger partial charge is 0.326 e. The van der Waals surface area contributed by atoms with Gasteiger partial charge in [-0.25, -0.2) is 4.79 Å². The molecule has 3 N–H and O–H groups in total. The van der Waals surface area contributed by atoms with Crippen molar-refractivity contribution >= 4 is 17.8 Å². The molecule has 0 radical (unpaired) electrons. The van der Waals surface area contributed by atoms with Crippen molar-refractivity contribution in [3.05, 3.63) is 35.9 Å². The lowest BCUT2D eigenvalue weighted by Crippen LogP contribution is -2.43. The van der Waals surface area contributed by atoms with Crippen LogP contribution < -0.4 is 10.6 Å². The van der Waals surface area contributed by atoms with Crippen LogP contribution >= 0.6 is 0 Å². The van der Waals surface area contributed by atoms with Crippen molar-refractivity contribution in [3.63, 3.8) is 0 Å². The van der Waals surface area contributed by atoms with Gasteiger partial charge in [0, 0.05) is 27.1 Å². The quantitative estimate of drug-likeness (QED) is 0.625. The van der Waals surface area contributed by atoms with Gasteiger partial charge in [0.25, 0.3) is 0 Å². The lowest BCUT2D eigenvalue weighted by atomic mass is 10.0. The second-order valence-electron chi connectivity index (χ2n) is 5.11. The Balaban J connectivity index is 2.72. The zero-order valence-electron chi connectivity index (χ0n) is 13.2. The maximum absolute atomic E-state index is 12.1. The summed E-state index contributed by atoms with van der Waals surface area (Å²) in [6.07, 6.45) is 0.133. The molecule has 0 aliphatic carbocycles. The van der Waals surface area contributed by atoms with E-state index in [1.807, 2.05) is 6.07 Å². The number of hydrogen-bond acceptors (Lipinski definition) is 4. The summed E-state index contributed by atoms with van der Waals surface area (Å²) in [5, 5.41) is 14.3. The second kappa shape index (κ2) is 9.58. The third kappa shape index (κ3) is 6.92. The Morgan fingerprint density at radius 2 is 1.83 bits per heavy atom. The summed E-state index contributed by atoms with van der Waals surface area (Å²) in [7, 11) is 1.46. The molecule has 2 unspecified atom stereocenters. The Bertz CT molecular complexity index is 533. The summed E-state index contributed by atoms with van der Waals surface area (Å²) in [5.74, 6) is -1.83. The average Bonchev–Trinajstić information content (AvgIpc) is 2.51. The predicted octanol–water partition coefficient (Wildman–Crippen LogP) is 0.860. The van der Waals surface area contributed by atoms with Crippen molar-refractivity contribution in [1.29, 1.82) is 0 Å². The largest absolute Gasteiger partial charge is 0.480 e. The Hall–Kier alpha value is -2.41. The van der Waals surface area contributed by atoms with Gasteiger partial charge in [-0.2, -0.15) is 0 Å². The van der Waals surface area contributed by atoms with Gasteiger partial charge in [-0.05, 0) is 5.56 Å². The molecule has 0 bridgehead atoms. The van der Waals surface area contributed by atoms with E-state index in [-0.39, 0.29) is 25.4 Å². The van der Waals surface area contributed by atoms with E-state index in [0.29, 0.717) is 0 Å². The number of ether oxygens (including phenoxy) is 1. The van der Waals surface area contributed by atoms with Crippen LogP contribution in [0.4, 0.5) is 0 Å². The van der Waals surface area contributed by atoms with E-state index in [9.17, 15) is 14.4 Å². The Morgan fingerprint density at radius 1 is 1.17 bits per heavy atom. The maximum atomic E-state index is 12.1. The Labute approximate surface area is 135 Å². The van der Waals surface area contributed by atoms with Gasteiger partial charge < -0.3 is 20.5 Å². The molecule has 0 saturated heterocycles. The summed E-state index contributed by atoms with van der Waals surface area (Å²) in [5.41, 5.74) is 0.779. The van der Waals surface area contributed by atoms with Crippen LogP contribution in [0.25, 0.3) is 0 Å². The molecule has 1 aromatic rings. The summed E-state index contributed by atoms with van der Waals surface area (Å²) in [4.78, 5) is 34.6. The highest BCUT2D eigenvalue weighted by Crippen LogP contribution is 2.16. The van der Waals surface area contributed by atoms with Crippen LogP contribution in [-0.4, -0.2) is 42.6 Å². The van der Waals surface area contributed by atoms with Crippen LogP contribution in [0.3, 0.4) is 0 Å². The van der Waals surface area contributed by atoms with Crippen LogP contribution in [0.5, 0.6) is 0 Å². The number of rotatable bonds is 9. The molecule has 0 fully saturated rings. The molecule has 7 nitrogen and oxygen atoms in total. The van der Waals surface area contributed by atoms with E-state index in [0.717, 1.165) is 5.56 Å². The summed E-state index contributed by atoms with van der Waals surface area (Å²) >= 11 is 0. The van der Waals surface area contributed by atoms with Crippen LogP contribution in [0.15, 0.2) is 30.3 Å². The third-order valence-corrected chi connectivity index (χ3v) is 3.21. The summed E-state index contributed by atoms with van der Waals surface area (Å²) < 4.78 is 4.84. The molecule has 2 amide bonds. The van der Waals surface area contributed by atoms with Gasteiger partial charge in [0.2, 0.25) is 11.8 Å². The average molecular weight is 322 g/mol. The number of carboxylic acid groups (broad SMARTS) is 1. The predicted molar refractivity (Wildman–Crippen MR) is 83.7 cm³/mol. The molecule has 0 aliphatic rings. The number of carboxylic acids is 1. The van der Waals surface area contributed by atoms with Gasteiger partial charge >= 0.3 is 5.97 Å². The molecule has 0 spiro atoms. The first-order valence-corrected chi connectivity index (χ1v) is 7.27. The summed E-state index contributed by atoms with van der Waals surface area (Å²) in [6.45, 7) is 1.59. The maximum Gasteiger partial charge on any atom is 0.326 e. The monoisotopic (exact) mass is 322 g/mol. The number of nitrogens with one attached hydrogen (secondary N) is 2. The molecule has 0 aliphatic heterocycles. The fraction of sp³-hybridized carbons (Fsp3) is 0.438. The minimum absolute atomic E-state index is 0.0413. The molecule has 7 heteroatoms. The first-order valence-electron chi connectivity index (χ1n) is 7.27. The minimum atomic E-state index is -1.12. The van der Waals surface area contributed by atoms with Crippen molar-refractivity contribution < 1.29 is 24.2 Å². The number of benzene rings is 1. The first-order chi connectivity index (χ1) is 10.9. The number of carbonyl (C=O) groups excluding carboxylic acids is 2. The third-order valence-electron chi connectivity index (χ3n) is 3.21. The minimum Gasteiger partial charge on any atom is -0.480 e. The van der Waals surface area contributed by atoms with E-state index >= 15 is 0 Å². The highest BCUT2D eigenvalue weighted by molar-refractivity contribution is 5.84. The van der Waals surface area contributed by atoms with E-state index in [4.69, 9.17) is 9.84 Å². The second-order valence-corrected chi connectivity index (χ2v) is 5.11. The normalized spacial score (nSPS) is 13.0. The molecule has 126 valence electrons. The highest BCUT2D eigenvalue weighted by Gasteiger charge is 2.22. The van der Waals surface area contributed by atoms with E-state index in [1.165, 1.54) is 14.0 Å². The molecular formula is C16H22N2O5. The van der Waals surface area contributed by atoms with Crippen LogP contribution in [-0.2, 0) is 19.1 Å². The molecule has 0 saturated carbocycles. The van der Waals surface area contributed by atoms with Gasteiger partial charge in [-0.1, -0.05) is 30.3 Å². The van der Waals surface area contributed by atoms with Gasteiger partial charge in [0.15, 0.2) is 0 Å². The Kier molecular flexibility index (Phi) is 7.76. The molecule has 23 heavy (non-hydrogen) atoms. The molecule has 1 aromatic carbocycles. The first kappa shape index (κ1) is 18.6. The van der Waals surface area contributed by atoms with E-state index in [1.54, 1.807) is 24.3 Å². The lowest BCUT2D eigenvalue weighted by Gasteiger charge is -2.20. The van der Waals surface area contributed by atoms with Gasteiger partial charge in [-0.15, -0.1) is 0 Å². The zero-order valence-corrected chi connectivity index (χ0v) is 13.2. The van der Waals surface area contributed by atoms with Crippen LogP contribution in [0, 0.1) is 0 Å². The number of hydrogen-bond donors (Lipinski definition) is 3. The van der Waals surface area contributed by atoms with Crippen LogP contribution in [0.2, 0.25) is 0 Å². The van der Waals surface area contributed by atoms with E-state index in [2.05, 4.69) is 10.6 Å². The van der Waals surface area contributed by atoms with Gasteiger partial charge in [0.1, 0.15) is 6.04 Å². The van der Waals surface area contributed by atoms with E-state index < -0.39 is 24.0 Å². The number of methoxy groups -OCH3 is 1. The number of aliphatic carboxylic acids is 1. The fourth-order valence-corrected chi connectivity index (χ4v) is 2.11. The molecule has 0 aromatic heterocycles.